The van der Waals surface area contributed by atoms with Crippen LogP contribution >= 0.6 is 0 Å². The maximum atomic E-state index is 12.5. The summed E-state index contributed by atoms with van der Waals surface area (Å²) in [5, 5.41) is 2.81. The van der Waals surface area contributed by atoms with Crippen molar-refractivity contribution in [2.75, 3.05) is 7.05 Å². The average molecular weight is 334 g/mol. The third-order valence-electron chi connectivity index (χ3n) is 3.90. The maximum Gasteiger partial charge on any atom is 0.329 e. The van der Waals surface area contributed by atoms with Crippen molar-refractivity contribution in [2.24, 2.45) is 5.41 Å². The van der Waals surface area contributed by atoms with Crippen molar-refractivity contribution < 1.29 is 14.3 Å². The van der Waals surface area contributed by atoms with Crippen LogP contribution in [0.4, 0.5) is 4.79 Å². The van der Waals surface area contributed by atoms with Crippen molar-refractivity contribution in [3.8, 4) is 0 Å². The Morgan fingerprint density at radius 3 is 2.08 bits per heavy atom. The Morgan fingerprint density at radius 2 is 1.62 bits per heavy atom. The predicted octanol–water partition coefficient (Wildman–Crippen LogP) is 3.58. The Bertz CT molecular complexity index is 556. The summed E-state index contributed by atoms with van der Waals surface area (Å²) in [6.07, 6.45) is 0. The fourth-order valence-electron chi connectivity index (χ4n) is 1.97. The van der Waals surface area contributed by atoms with Crippen LogP contribution in [0.5, 0.6) is 0 Å². The van der Waals surface area contributed by atoms with Gasteiger partial charge in [0.25, 0.3) is 0 Å². The number of benzene rings is 1. The van der Waals surface area contributed by atoms with Gasteiger partial charge >= 0.3 is 12.0 Å². The fourth-order valence-corrected chi connectivity index (χ4v) is 1.97. The second-order valence-corrected chi connectivity index (χ2v) is 8.07. The van der Waals surface area contributed by atoms with Crippen molar-refractivity contribution in [1.82, 2.24) is 10.2 Å². The van der Waals surface area contributed by atoms with E-state index in [0.29, 0.717) is 0 Å². The normalized spacial score (nSPS) is 13.1. The molecule has 24 heavy (non-hydrogen) atoms. The molecule has 5 nitrogen and oxygen atoms in total. The van der Waals surface area contributed by atoms with Crippen LogP contribution in [-0.4, -0.2) is 35.5 Å². The second kappa shape index (κ2) is 7.69. The molecule has 134 valence electrons. The molecule has 0 aliphatic carbocycles. The third kappa shape index (κ3) is 5.87. The number of hydrogen-bond acceptors (Lipinski definition) is 3. The van der Waals surface area contributed by atoms with Crippen molar-refractivity contribution >= 4 is 12.0 Å². The molecular formula is C19H30N2O3. The van der Waals surface area contributed by atoms with E-state index in [4.69, 9.17) is 4.74 Å². The van der Waals surface area contributed by atoms with Gasteiger partial charge in [-0.1, -0.05) is 51.1 Å². The molecule has 0 saturated carbocycles. The zero-order chi connectivity index (χ0) is 18.5. The lowest BCUT2D eigenvalue weighted by Gasteiger charge is -2.36. The predicted molar refractivity (Wildman–Crippen MR) is 95.5 cm³/mol. The topological polar surface area (TPSA) is 58.6 Å². The Kier molecular flexibility index (Phi) is 6.41. The number of ether oxygens (including phenoxy) is 1. The van der Waals surface area contributed by atoms with Crippen LogP contribution < -0.4 is 5.32 Å². The van der Waals surface area contributed by atoms with E-state index in [-0.39, 0.29) is 18.2 Å². The van der Waals surface area contributed by atoms with Gasteiger partial charge in [0.1, 0.15) is 12.6 Å². The number of urea groups is 1. The molecule has 0 aliphatic rings. The first-order chi connectivity index (χ1) is 10.9. The minimum atomic E-state index is -0.724. The zero-order valence-corrected chi connectivity index (χ0v) is 15.8. The monoisotopic (exact) mass is 334 g/mol. The number of nitrogens with one attached hydrogen (secondary N) is 1. The molecule has 1 rings (SSSR count). The first-order valence-electron chi connectivity index (χ1n) is 8.18. The van der Waals surface area contributed by atoms with E-state index in [2.05, 4.69) is 5.32 Å². The van der Waals surface area contributed by atoms with E-state index in [1.165, 1.54) is 0 Å². The first-order valence-corrected chi connectivity index (χ1v) is 8.18. The summed E-state index contributed by atoms with van der Waals surface area (Å²) >= 11 is 0. The van der Waals surface area contributed by atoms with E-state index in [1.54, 1.807) is 11.9 Å². The van der Waals surface area contributed by atoms with Gasteiger partial charge in [0.2, 0.25) is 0 Å². The number of carbonyl (C=O) groups excluding carboxylic acids is 2. The molecule has 1 unspecified atom stereocenters. The number of nitrogens with zero attached hydrogens (tertiary/aromatic N) is 1. The Hall–Kier alpha value is -2.04. The first kappa shape index (κ1) is 20.0. The number of amides is 2. The van der Waals surface area contributed by atoms with Gasteiger partial charge in [-0.2, -0.15) is 0 Å². The standard InChI is InChI=1S/C19H30N2O3/c1-18(2,3)15(20-17(23)21(7)19(4,5)6)16(22)24-13-14-11-9-8-10-12-14/h8-12,15H,13H2,1-7H3,(H,20,23). The zero-order valence-electron chi connectivity index (χ0n) is 15.8. The van der Waals surface area contributed by atoms with Crippen molar-refractivity contribution in [1.29, 1.82) is 0 Å². The van der Waals surface area contributed by atoms with Gasteiger partial charge in [-0.25, -0.2) is 9.59 Å². The largest absolute Gasteiger partial charge is 0.459 e. The molecule has 0 saturated heterocycles. The number of carbonyl (C=O) groups is 2. The molecule has 0 heterocycles. The molecule has 0 bridgehead atoms. The van der Waals surface area contributed by atoms with Gasteiger partial charge in [0.15, 0.2) is 0 Å². The Labute approximate surface area is 145 Å². The van der Waals surface area contributed by atoms with Crippen LogP contribution in [0.3, 0.4) is 0 Å². The lowest BCUT2D eigenvalue weighted by molar-refractivity contribution is -0.150. The highest BCUT2D eigenvalue weighted by atomic mass is 16.5. The molecule has 0 aliphatic heterocycles. The average Bonchev–Trinajstić information content (AvgIpc) is 2.48. The molecule has 0 spiro atoms. The van der Waals surface area contributed by atoms with Crippen LogP contribution in [-0.2, 0) is 16.1 Å². The summed E-state index contributed by atoms with van der Waals surface area (Å²) in [4.78, 5) is 26.5. The molecule has 1 atom stereocenters. The summed E-state index contributed by atoms with van der Waals surface area (Å²) in [6, 6.07) is 8.47. The van der Waals surface area contributed by atoms with Crippen molar-refractivity contribution in [2.45, 2.75) is 59.7 Å². The number of esters is 1. The lowest BCUT2D eigenvalue weighted by Crippen LogP contribution is -2.56. The molecule has 5 heteroatoms. The molecule has 1 aromatic rings. The van der Waals surface area contributed by atoms with Gasteiger partial charge in [0, 0.05) is 12.6 Å². The summed E-state index contributed by atoms with van der Waals surface area (Å²) < 4.78 is 5.41. The van der Waals surface area contributed by atoms with E-state index < -0.39 is 17.4 Å². The van der Waals surface area contributed by atoms with E-state index >= 15 is 0 Å². The number of rotatable bonds is 4. The summed E-state index contributed by atoms with van der Waals surface area (Å²) in [7, 11) is 1.71. The minimum absolute atomic E-state index is 0.192. The van der Waals surface area contributed by atoms with E-state index in [1.807, 2.05) is 71.9 Å². The summed E-state index contributed by atoms with van der Waals surface area (Å²) in [5.41, 5.74) is 0.124. The molecule has 1 aromatic carbocycles. The minimum Gasteiger partial charge on any atom is -0.459 e. The molecule has 0 aromatic heterocycles. The van der Waals surface area contributed by atoms with E-state index in [0.717, 1.165) is 5.56 Å². The van der Waals surface area contributed by atoms with Gasteiger partial charge < -0.3 is 15.0 Å². The Balaban J connectivity index is 2.78. The smallest absolute Gasteiger partial charge is 0.329 e. The van der Waals surface area contributed by atoms with E-state index in [9.17, 15) is 9.59 Å². The maximum absolute atomic E-state index is 12.5. The van der Waals surface area contributed by atoms with Crippen molar-refractivity contribution in [3.05, 3.63) is 35.9 Å². The molecule has 2 amide bonds. The third-order valence-corrected chi connectivity index (χ3v) is 3.90. The highest BCUT2D eigenvalue weighted by molar-refractivity contribution is 5.84. The second-order valence-electron chi connectivity index (χ2n) is 8.07. The molecular weight excluding hydrogens is 304 g/mol. The van der Waals surface area contributed by atoms with Gasteiger partial charge in [-0.15, -0.1) is 0 Å². The van der Waals surface area contributed by atoms with Crippen LogP contribution in [0.2, 0.25) is 0 Å². The van der Waals surface area contributed by atoms with Crippen molar-refractivity contribution in [3.63, 3.8) is 0 Å². The van der Waals surface area contributed by atoms with Crippen LogP contribution in [0.1, 0.15) is 47.1 Å². The highest BCUT2D eigenvalue weighted by Gasteiger charge is 2.36. The van der Waals surface area contributed by atoms with Gasteiger partial charge in [0.05, 0.1) is 0 Å². The Morgan fingerprint density at radius 1 is 1.08 bits per heavy atom. The summed E-state index contributed by atoms with van der Waals surface area (Å²) in [5.74, 6) is -0.429. The SMILES string of the molecule is CN(C(=O)NC(C(=O)OCc1ccccc1)C(C)(C)C)C(C)(C)C. The van der Waals surface area contributed by atoms with Crippen LogP contribution in [0.25, 0.3) is 0 Å². The van der Waals surface area contributed by atoms with Gasteiger partial charge in [-0.3, -0.25) is 0 Å². The van der Waals surface area contributed by atoms with Crippen LogP contribution in [0.15, 0.2) is 30.3 Å². The molecule has 0 fully saturated rings. The number of hydrogen-bond donors (Lipinski definition) is 1. The van der Waals surface area contributed by atoms with Gasteiger partial charge in [-0.05, 0) is 31.7 Å². The lowest BCUT2D eigenvalue weighted by atomic mass is 9.87. The highest BCUT2D eigenvalue weighted by Crippen LogP contribution is 2.22. The van der Waals surface area contributed by atoms with Crippen LogP contribution in [0, 0.1) is 5.41 Å². The fraction of sp³-hybridized carbons (Fsp3) is 0.579. The quantitative estimate of drug-likeness (QED) is 0.856. The summed E-state index contributed by atoms with van der Waals surface area (Å²) in [6.45, 7) is 11.7. The molecule has 1 N–H and O–H groups in total. The molecule has 0 radical (unpaired) electrons.